The van der Waals surface area contributed by atoms with Gasteiger partial charge in [-0.2, -0.15) is 5.10 Å². The van der Waals surface area contributed by atoms with E-state index in [0.29, 0.717) is 25.4 Å². The summed E-state index contributed by atoms with van der Waals surface area (Å²) in [7, 11) is 0. The lowest BCUT2D eigenvalue weighted by Gasteiger charge is -2.16. The Morgan fingerprint density at radius 3 is 2.59 bits per heavy atom. The van der Waals surface area contributed by atoms with Gasteiger partial charge in [-0.1, -0.05) is 24.3 Å². The van der Waals surface area contributed by atoms with Crippen LogP contribution in [0.1, 0.15) is 12.5 Å². The van der Waals surface area contributed by atoms with Crippen LogP contribution in [0.2, 0.25) is 0 Å². The summed E-state index contributed by atoms with van der Waals surface area (Å²) in [6.45, 7) is 1.63. The Morgan fingerprint density at radius 1 is 1.11 bits per heavy atom. The molecule has 0 atom stereocenters. The first-order chi connectivity index (χ1) is 17.8. The Morgan fingerprint density at radius 2 is 1.84 bits per heavy atom. The Labute approximate surface area is 226 Å². The van der Waals surface area contributed by atoms with Gasteiger partial charge in [0.05, 0.1) is 33.9 Å². The highest BCUT2D eigenvalue weighted by atomic mass is 79.9. The number of H-pyrrole nitrogens is 1. The summed E-state index contributed by atoms with van der Waals surface area (Å²) in [5.74, 6) is -0.647. The number of anilines is 1. The number of aromatic amines is 1. The fraction of sp³-hybridized carbons (Fsp3) is 0.120. The van der Waals surface area contributed by atoms with Crippen molar-refractivity contribution in [3.05, 3.63) is 95.8 Å². The van der Waals surface area contributed by atoms with Crippen LogP contribution in [0, 0.1) is 5.82 Å². The molecule has 4 rings (SSSR count). The zero-order valence-electron chi connectivity index (χ0n) is 19.3. The summed E-state index contributed by atoms with van der Waals surface area (Å²) in [4.78, 5) is 40.1. The van der Waals surface area contributed by atoms with E-state index in [1.165, 1.54) is 24.4 Å². The Kier molecular flexibility index (Phi) is 8.19. The van der Waals surface area contributed by atoms with Crippen LogP contribution in [0.4, 0.5) is 10.1 Å². The highest BCUT2D eigenvalue weighted by molar-refractivity contribution is 9.13. The fourth-order valence-corrected chi connectivity index (χ4v) is 4.30. The molecule has 190 valence electrons. The molecule has 1 amide bonds. The van der Waals surface area contributed by atoms with Gasteiger partial charge >= 0.3 is 5.69 Å². The molecule has 1 aromatic heterocycles. The highest BCUT2D eigenvalue weighted by Crippen LogP contribution is 2.42. The second-order valence-corrected chi connectivity index (χ2v) is 9.09. The van der Waals surface area contributed by atoms with E-state index >= 15 is 0 Å². The molecular weight excluding hydrogens is 615 g/mol. The molecule has 0 saturated heterocycles. The van der Waals surface area contributed by atoms with Gasteiger partial charge in [0.2, 0.25) is 0 Å². The molecule has 37 heavy (non-hydrogen) atoms. The normalized spacial score (nSPS) is 11.1. The van der Waals surface area contributed by atoms with Crippen molar-refractivity contribution >= 4 is 60.6 Å². The number of hydrogen-bond donors (Lipinski definition) is 2. The molecule has 4 aromatic rings. The van der Waals surface area contributed by atoms with E-state index < -0.39 is 29.6 Å². The molecule has 3 aromatic carbocycles. The summed E-state index contributed by atoms with van der Waals surface area (Å²) in [5, 5.41) is 6.83. The first-order valence-corrected chi connectivity index (χ1v) is 12.5. The van der Waals surface area contributed by atoms with E-state index in [2.05, 4.69) is 47.3 Å². The minimum Gasteiger partial charge on any atom is -0.490 e. The molecule has 0 bridgehead atoms. The molecule has 9 nitrogen and oxygen atoms in total. The number of carbonyl (C=O) groups is 1. The lowest BCUT2D eigenvalue weighted by atomic mass is 10.2. The summed E-state index contributed by atoms with van der Waals surface area (Å²) >= 11 is 6.87. The van der Waals surface area contributed by atoms with E-state index in [1.54, 1.807) is 43.3 Å². The quantitative estimate of drug-likeness (QED) is 0.274. The number of aromatic nitrogens is 2. The van der Waals surface area contributed by atoms with Gasteiger partial charge in [0.25, 0.3) is 11.5 Å². The molecule has 0 fully saturated rings. The Bertz CT molecular complexity index is 1630. The number of para-hydroxylation sites is 2. The van der Waals surface area contributed by atoms with Crippen LogP contribution in [0.5, 0.6) is 11.5 Å². The minimum atomic E-state index is -0.694. The summed E-state index contributed by atoms with van der Waals surface area (Å²) < 4.78 is 26.8. The van der Waals surface area contributed by atoms with Crippen LogP contribution in [-0.2, 0) is 4.79 Å². The van der Waals surface area contributed by atoms with Crippen molar-refractivity contribution < 1.29 is 18.7 Å². The van der Waals surface area contributed by atoms with Crippen molar-refractivity contribution in [1.29, 1.82) is 0 Å². The number of nitrogens with one attached hydrogen (secondary N) is 2. The SMILES string of the molecule is CCOc1cc(C=Nn2c(=O)[nH]c3ccccc3c2=O)c(Br)c(Br)c1OCC(=O)Nc1ccccc1F. The van der Waals surface area contributed by atoms with Crippen molar-refractivity contribution in [2.24, 2.45) is 5.10 Å². The van der Waals surface area contributed by atoms with Gasteiger partial charge in [-0.25, -0.2) is 9.18 Å². The molecule has 12 heteroatoms. The Balaban J connectivity index is 1.62. The molecule has 0 spiro atoms. The number of ether oxygens (including phenoxy) is 2. The number of carbonyl (C=O) groups excluding carboxylic acids is 1. The van der Waals surface area contributed by atoms with Gasteiger partial charge < -0.3 is 19.8 Å². The second-order valence-electron chi connectivity index (χ2n) is 7.51. The van der Waals surface area contributed by atoms with Gasteiger partial charge in [-0.3, -0.25) is 9.59 Å². The molecule has 2 N–H and O–H groups in total. The van der Waals surface area contributed by atoms with Gasteiger partial charge in [0.1, 0.15) is 5.82 Å². The summed E-state index contributed by atoms with van der Waals surface area (Å²) in [5.41, 5.74) is -0.366. The first kappa shape index (κ1) is 26.3. The summed E-state index contributed by atoms with van der Waals surface area (Å²) in [6.07, 6.45) is 1.32. The van der Waals surface area contributed by atoms with E-state index in [-0.39, 0.29) is 23.8 Å². The predicted molar refractivity (Wildman–Crippen MR) is 145 cm³/mol. The number of benzene rings is 3. The van der Waals surface area contributed by atoms with Crippen LogP contribution in [0.25, 0.3) is 10.9 Å². The lowest BCUT2D eigenvalue weighted by molar-refractivity contribution is -0.118. The smallest absolute Gasteiger partial charge is 0.349 e. The maximum atomic E-state index is 13.8. The number of fused-ring (bicyclic) bond motifs is 1. The van der Waals surface area contributed by atoms with Crippen molar-refractivity contribution in [3.8, 4) is 11.5 Å². The van der Waals surface area contributed by atoms with Crippen molar-refractivity contribution in [2.75, 3.05) is 18.5 Å². The first-order valence-electron chi connectivity index (χ1n) is 10.9. The summed E-state index contributed by atoms with van der Waals surface area (Å²) in [6, 6.07) is 14.0. The average molecular weight is 634 g/mol. The van der Waals surface area contributed by atoms with Gasteiger partial charge in [0.15, 0.2) is 18.1 Å². The van der Waals surface area contributed by atoms with Crippen molar-refractivity contribution in [1.82, 2.24) is 9.66 Å². The topological polar surface area (TPSA) is 115 Å². The molecule has 0 aliphatic rings. The Hall–Kier alpha value is -3.77. The molecule has 0 radical (unpaired) electrons. The van der Waals surface area contributed by atoms with Gasteiger partial charge in [-0.05, 0) is 69.1 Å². The molecular formula is C25H19Br2FN4O5. The zero-order valence-corrected chi connectivity index (χ0v) is 22.4. The molecule has 0 aliphatic carbocycles. The maximum Gasteiger partial charge on any atom is 0.349 e. The number of amides is 1. The fourth-order valence-electron chi connectivity index (χ4n) is 3.36. The maximum absolute atomic E-state index is 13.8. The third-order valence-corrected chi connectivity index (χ3v) is 7.19. The largest absolute Gasteiger partial charge is 0.490 e. The van der Waals surface area contributed by atoms with Crippen molar-refractivity contribution in [3.63, 3.8) is 0 Å². The molecule has 1 heterocycles. The van der Waals surface area contributed by atoms with Crippen LogP contribution in [0.3, 0.4) is 0 Å². The standard InChI is InChI=1S/C25H19Br2FN4O5/c1-2-36-19-11-14(12-29-32-24(34)15-7-3-5-9-17(15)31-25(32)35)21(26)22(27)23(19)37-13-20(33)30-18-10-6-4-8-16(18)28/h3-12H,2,13H2,1H3,(H,30,33)(H,31,35). The third-order valence-electron chi connectivity index (χ3n) is 5.05. The molecule has 0 aliphatic heterocycles. The van der Waals surface area contributed by atoms with Crippen LogP contribution in [0.15, 0.2) is 78.2 Å². The average Bonchev–Trinajstić information content (AvgIpc) is 2.88. The minimum absolute atomic E-state index is 0.0341. The van der Waals surface area contributed by atoms with Crippen LogP contribution < -0.4 is 26.0 Å². The van der Waals surface area contributed by atoms with Crippen LogP contribution in [-0.4, -0.2) is 35.0 Å². The predicted octanol–water partition coefficient (Wildman–Crippen LogP) is 4.65. The number of hydrogen-bond acceptors (Lipinski definition) is 6. The third kappa shape index (κ3) is 5.81. The molecule has 0 unspecified atom stereocenters. The van der Waals surface area contributed by atoms with Gasteiger partial charge in [0, 0.05) is 10.0 Å². The van der Waals surface area contributed by atoms with E-state index in [1.807, 2.05) is 0 Å². The zero-order chi connectivity index (χ0) is 26.5. The lowest BCUT2D eigenvalue weighted by Crippen LogP contribution is -2.32. The number of halogens is 3. The van der Waals surface area contributed by atoms with E-state index in [4.69, 9.17) is 9.47 Å². The monoisotopic (exact) mass is 632 g/mol. The highest BCUT2D eigenvalue weighted by Gasteiger charge is 2.19. The van der Waals surface area contributed by atoms with Crippen LogP contribution >= 0.6 is 31.9 Å². The van der Waals surface area contributed by atoms with E-state index in [0.717, 1.165) is 4.68 Å². The number of nitrogens with zero attached hydrogens (tertiary/aromatic N) is 2. The number of rotatable bonds is 8. The van der Waals surface area contributed by atoms with E-state index in [9.17, 15) is 18.8 Å². The second kappa shape index (κ2) is 11.5. The van der Waals surface area contributed by atoms with Crippen molar-refractivity contribution in [2.45, 2.75) is 6.92 Å². The molecule has 0 saturated carbocycles. The van der Waals surface area contributed by atoms with Gasteiger partial charge in [-0.15, -0.1) is 4.68 Å².